The molecule has 0 heterocycles. The molecule has 0 aliphatic heterocycles. The first-order chi connectivity index (χ1) is 9.47. The molecule has 0 aliphatic rings. The minimum absolute atomic E-state index is 0.00281. The fraction of sp³-hybridized carbons (Fsp3) is 0.0714. The third-order valence-electron chi connectivity index (χ3n) is 2.72. The van der Waals surface area contributed by atoms with Crippen LogP contribution in [0.1, 0.15) is 15.9 Å². The van der Waals surface area contributed by atoms with Gasteiger partial charge < -0.3 is 15.5 Å². The molecule has 0 saturated carbocycles. The van der Waals surface area contributed by atoms with E-state index in [0.717, 1.165) is 18.2 Å². The smallest absolute Gasteiger partial charge is 0.337 e. The standard InChI is InChI=1S/C14H11F2NO3/c15-9-2-1-8(12(16)5-9)7-17-13-4-3-10(18)6-11(13)14(19)20/h1-6,17-18H,7H2,(H,19,20). The van der Waals surface area contributed by atoms with E-state index in [1.54, 1.807) is 0 Å². The van der Waals surface area contributed by atoms with Gasteiger partial charge in [0.1, 0.15) is 17.4 Å². The van der Waals surface area contributed by atoms with Gasteiger partial charge in [0.25, 0.3) is 0 Å². The summed E-state index contributed by atoms with van der Waals surface area (Å²) in [6, 6.07) is 6.93. The number of phenolic OH excluding ortho intramolecular Hbond substituents is 1. The van der Waals surface area contributed by atoms with Crippen LogP contribution in [0.3, 0.4) is 0 Å². The predicted octanol–water partition coefficient (Wildman–Crippen LogP) is 2.98. The number of phenols is 1. The summed E-state index contributed by atoms with van der Waals surface area (Å²) < 4.78 is 26.2. The van der Waals surface area contributed by atoms with Crippen LogP contribution in [0.4, 0.5) is 14.5 Å². The minimum Gasteiger partial charge on any atom is -0.508 e. The van der Waals surface area contributed by atoms with E-state index >= 15 is 0 Å². The lowest BCUT2D eigenvalue weighted by molar-refractivity contribution is 0.0697. The maximum atomic E-state index is 13.4. The third-order valence-corrected chi connectivity index (χ3v) is 2.72. The lowest BCUT2D eigenvalue weighted by Crippen LogP contribution is -2.07. The van der Waals surface area contributed by atoms with Crippen molar-refractivity contribution >= 4 is 11.7 Å². The highest BCUT2D eigenvalue weighted by Crippen LogP contribution is 2.22. The Kier molecular flexibility index (Phi) is 3.84. The molecule has 4 nitrogen and oxygen atoms in total. The van der Waals surface area contributed by atoms with Gasteiger partial charge in [-0.1, -0.05) is 6.07 Å². The Labute approximate surface area is 113 Å². The molecule has 0 spiro atoms. The highest BCUT2D eigenvalue weighted by Gasteiger charge is 2.11. The highest BCUT2D eigenvalue weighted by atomic mass is 19.1. The van der Waals surface area contributed by atoms with E-state index in [-0.39, 0.29) is 29.1 Å². The highest BCUT2D eigenvalue weighted by molar-refractivity contribution is 5.94. The maximum Gasteiger partial charge on any atom is 0.337 e. The number of benzene rings is 2. The molecule has 0 aromatic heterocycles. The van der Waals surface area contributed by atoms with Crippen molar-refractivity contribution in [3.63, 3.8) is 0 Å². The van der Waals surface area contributed by atoms with Crippen molar-refractivity contribution in [2.24, 2.45) is 0 Å². The first kappa shape index (κ1) is 13.8. The molecule has 3 N–H and O–H groups in total. The van der Waals surface area contributed by atoms with E-state index in [0.29, 0.717) is 0 Å². The third kappa shape index (κ3) is 3.03. The first-order valence-corrected chi connectivity index (χ1v) is 5.71. The number of hydrogen-bond acceptors (Lipinski definition) is 3. The predicted molar refractivity (Wildman–Crippen MR) is 68.8 cm³/mol. The molecule has 0 saturated heterocycles. The molecule has 2 aromatic rings. The number of aromatic hydroxyl groups is 1. The lowest BCUT2D eigenvalue weighted by atomic mass is 10.1. The number of halogens is 2. The molecule has 0 aliphatic carbocycles. The summed E-state index contributed by atoms with van der Waals surface area (Å²) in [6.45, 7) is -0.00281. The van der Waals surface area contributed by atoms with Gasteiger partial charge in [0.2, 0.25) is 0 Å². The second-order valence-electron chi connectivity index (χ2n) is 4.12. The van der Waals surface area contributed by atoms with Gasteiger partial charge in [-0.15, -0.1) is 0 Å². The van der Waals surface area contributed by atoms with E-state index in [1.807, 2.05) is 0 Å². The topological polar surface area (TPSA) is 69.6 Å². The second kappa shape index (κ2) is 5.56. The van der Waals surface area contributed by atoms with Crippen LogP contribution in [-0.4, -0.2) is 16.2 Å². The number of rotatable bonds is 4. The summed E-state index contributed by atoms with van der Waals surface area (Å²) >= 11 is 0. The van der Waals surface area contributed by atoms with Crippen LogP contribution in [0.5, 0.6) is 5.75 Å². The van der Waals surface area contributed by atoms with E-state index in [2.05, 4.69) is 5.32 Å². The summed E-state index contributed by atoms with van der Waals surface area (Å²) in [6.07, 6.45) is 0. The number of carbonyl (C=O) groups is 1. The minimum atomic E-state index is -1.22. The summed E-state index contributed by atoms with van der Waals surface area (Å²) in [4.78, 5) is 11.0. The van der Waals surface area contributed by atoms with Crippen molar-refractivity contribution in [3.8, 4) is 5.75 Å². The van der Waals surface area contributed by atoms with Gasteiger partial charge in [-0.05, 0) is 24.3 Å². The zero-order valence-electron chi connectivity index (χ0n) is 10.2. The molecule has 0 unspecified atom stereocenters. The Morgan fingerprint density at radius 1 is 1.15 bits per heavy atom. The summed E-state index contributed by atoms with van der Waals surface area (Å²) in [7, 11) is 0. The van der Waals surface area contributed by atoms with E-state index in [1.165, 1.54) is 18.2 Å². The Hall–Kier alpha value is -2.63. The molecular formula is C14H11F2NO3. The van der Waals surface area contributed by atoms with Gasteiger partial charge in [0.05, 0.1) is 5.56 Å². The molecule has 0 amide bonds. The molecule has 0 fully saturated rings. The van der Waals surface area contributed by atoms with Gasteiger partial charge in [0, 0.05) is 23.9 Å². The van der Waals surface area contributed by atoms with Crippen molar-refractivity contribution in [3.05, 3.63) is 59.2 Å². The van der Waals surface area contributed by atoms with E-state index in [9.17, 15) is 18.7 Å². The average Bonchev–Trinajstić information content (AvgIpc) is 2.38. The first-order valence-electron chi connectivity index (χ1n) is 5.71. The van der Waals surface area contributed by atoms with Crippen molar-refractivity contribution in [1.82, 2.24) is 0 Å². The Balaban J connectivity index is 2.20. The molecule has 2 aromatic carbocycles. The van der Waals surface area contributed by atoms with Crippen molar-refractivity contribution < 1.29 is 23.8 Å². The zero-order valence-corrected chi connectivity index (χ0v) is 10.2. The van der Waals surface area contributed by atoms with Crippen LogP contribution in [0.25, 0.3) is 0 Å². The Bertz CT molecular complexity index is 659. The van der Waals surface area contributed by atoms with E-state index in [4.69, 9.17) is 5.11 Å². The normalized spacial score (nSPS) is 10.3. The Morgan fingerprint density at radius 3 is 2.55 bits per heavy atom. The fourth-order valence-corrected chi connectivity index (χ4v) is 1.72. The molecule has 2 rings (SSSR count). The van der Waals surface area contributed by atoms with Crippen molar-refractivity contribution in [1.29, 1.82) is 0 Å². The van der Waals surface area contributed by atoms with Gasteiger partial charge in [0.15, 0.2) is 0 Å². The van der Waals surface area contributed by atoms with E-state index < -0.39 is 17.6 Å². The number of carboxylic acids is 1. The average molecular weight is 279 g/mol. The number of anilines is 1. The SMILES string of the molecule is O=C(O)c1cc(O)ccc1NCc1ccc(F)cc1F. The summed E-state index contributed by atoms with van der Waals surface area (Å²) in [5.41, 5.74) is 0.308. The van der Waals surface area contributed by atoms with Crippen LogP contribution in [0.15, 0.2) is 36.4 Å². The van der Waals surface area contributed by atoms with Crippen molar-refractivity contribution in [2.45, 2.75) is 6.54 Å². The van der Waals surface area contributed by atoms with Crippen LogP contribution >= 0.6 is 0 Å². The lowest BCUT2D eigenvalue weighted by Gasteiger charge is -2.10. The van der Waals surface area contributed by atoms with Gasteiger partial charge in [-0.3, -0.25) is 0 Å². The quantitative estimate of drug-likeness (QED) is 0.752. The molecule has 20 heavy (non-hydrogen) atoms. The van der Waals surface area contributed by atoms with Gasteiger partial charge in [-0.2, -0.15) is 0 Å². The zero-order chi connectivity index (χ0) is 14.7. The van der Waals surface area contributed by atoms with Gasteiger partial charge >= 0.3 is 5.97 Å². The second-order valence-corrected chi connectivity index (χ2v) is 4.12. The molecule has 0 atom stereocenters. The monoisotopic (exact) mass is 279 g/mol. The molecule has 104 valence electrons. The van der Waals surface area contributed by atoms with Crippen molar-refractivity contribution in [2.75, 3.05) is 5.32 Å². The summed E-state index contributed by atoms with van der Waals surface area (Å²) in [5.74, 6) is -2.79. The van der Waals surface area contributed by atoms with Crippen LogP contribution in [-0.2, 0) is 6.54 Å². The van der Waals surface area contributed by atoms with Crippen LogP contribution < -0.4 is 5.32 Å². The number of carboxylic acid groups (broad SMARTS) is 1. The molecular weight excluding hydrogens is 268 g/mol. The summed E-state index contributed by atoms with van der Waals surface area (Å²) in [5, 5.41) is 21.0. The number of aromatic carboxylic acids is 1. The largest absolute Gasteiger partial charge is 0.508 e. The number of nitrogens with one attached hydrogen (secondary N) is 1. The molecule has 6 heteroatoms. The van der Waals surface area contributed by atoms with Gasteiger partial charge in [-0.25, -0.2) is 13.6 Å². The fourth-order valence-electron chi connectivity index (χ4n) is 1.72. The molecule has 0 bridgehead atoms. The number of hydrogen-bond donors (Lipinski definition) is 3. The maximum absolute atomic E-state index is 13.4. The van der Waals surface area contributed by atoms with Crippen LogP contribution in [0.2, 0.25) is 0 Å². The Morgan fingerprint density at radius 2 is 1.90 bits per heavy atom. The molecule has 0 radical (unpaired) electrons. The van der Waals surface area contributed by atoms with Crippen LogP contribution in [0, 0.1) is 11.6 Å².